The molecule has 0 saturated heterocycles. The van der Waals surface area contributed by atoms with Crippen molar-refractivity contribution in [3.8, 4) is 0 Å². The lowest BCUT2D eigenvalue weighted by Crippen LogP contribution is -2.28. The van der Waals surface area contributed by atoms with Gasteiger partial charge in [0.25, 0.3) is 6.43 Å². The molecule has 0 aliphatic carbocycles. The molecule has 1 N–H and O–H groups in total. The van der Waals surface area contributed by atoms with Crippen molar-refractivity contribution in [3.63, 3.8) is 0 Å². The summed E-state index contributed by atoms with van der Waals surface area (Å²) >= 11 is 8.71. The summed E-state index contributed by atoms with van der Waals surface area (Å²) in [5, 5.41) is 2.43. The fraction of sp³-hybridized carbons (Fsp3) is 0.455. The molecule has 0 fully saturated rings. The summed E-state index contributed by atoms with van der Waals surface area (Å²) in [5.74, 6) is -0.810. The molecule has 96 valence electrons. The molecule has 1 rings (SSSR count). The molecular formula is C11H12BrClF3N. The minimum Gasteiger partial charge on any atom is -0.305 e. The molecule has 6 heteroatoms. The Morgan fingerprint density at radius 3 is 2.59 bits per heavy atom. The number of hydrogen-bond donors (Lipinski definition) is 1. The van der Waals surface area contributed by atoms with Gasteiger partial charge in [0, 0.05) is 10.0 Å². The SMILES string of the molecule is CCCNC(c1ccc(Br)c(Cl)c1F)C(F)F. The van der Waals surface area contributed by atoms with Crippen LogP contribution in [-0.2, 0) is 0 Å². The van der Waals surface area contributed by atoms with Gasteiger partial charge >= 0.3 is 0 Å². The highest BCUT2D eigenvalue weighted by Crippen LogP contribution is 2.32. The van der Waals surface area contributed by atoms with Crippen LogP contribution in [0.1, 0.15) is 24.9 Å². The van der Waals surface area contributed by atoms with Gasteiger partial charge in [-0.15, -0.1) is 0 Å². The van der Waals surface area contributed by atoms with E-state index in [9.17, 15) is 13.2 Å². The van der Waals surface area contributed by atoms with Crippen molar-refractivity contribution in [1.29, 1.82) is 0 Å². The summed E-state index contributed by atoms with van der Waals surface area (Å²) in [7, 11) is 0. The van der Waals surface area contributed by atoms with Crippen molar-refractivity contribution >= 4 is 27.5 Å². The van der Waals surface area contributed by atoms with Gasteiger partial charge in [-0.2, -0.15) is 0 Å². The van der Waals surface area contributed by atoms with Gasteiger partial charge in [0.2, 0.25) is 0 Å². The molecule has 0 spiro atoms. The highest BCUT2D eigenvalue weighted by Gasteiger charge is 2.26. The van der Waals surface area contributed by atoms with Crippen LogP contribution in [0.5, 0.6) is 0 Å². The first-order chi connectivity index (χ1) is 7.99. The molecule has 17 heavy (non-hydrogen) atoms. The summed E-state index contributed by atoms with van der Waals surface area (Å²) in [4.78, 5) is 0. The normalized spacial score (nSPS) is 13.1. The predicted molar refractivity (Wildman–Crippen MR) is 66.1 cm³/mol. The lowest BCUT2D eigenvalue weighted by Gasteiger charge is -2.19. The highest BCUT2D eigenvalue weighted by molar-refractivity contribution is 9.10. The first-order valence-electron chi connectivity index (χ1n) is 5.14. The van der Waals surface area contributed by atoms with E-state index in [-0.39, 0.29) is 10.6 Å². The van der Waals surface area contributed by atoms with E-state index in [2.05, 4.69) is 21.2 Å². The minimum atomic E-state index is -2.69. The fourth-order valence-electron chi connectivity index (χ4n) is 1.42. The largest absolute Gasteiger partial charge is 0.305 e. The molecule has 0 saturated carbocycles. The van der Waals surface area contributed by atoms with Gasteiger partial charge in [-0.3, -0.25) is 0 Å². The van der Waals surface area contributed by atoms with Gasteiger partial charge in [0.1, 0.15) is 5.82 Å². The van der Waals surface area contributed by atoms with Crippen molar-refractivity contribution in [1.82, 2.24) is 5.32 Å². The van der Waals surface area contributed by atoms with E-state index in [0.29, 0.717) is 17.4 Å². The molecule has 0 heterocycles. The van der Waals surface area contributed by atoms with Crippen LogP contribution in [0.15, 0.2) is 16.6 Å². The summed E-state index contributed by atoms with van der Waals surface area (Å²) in [5.41, 5.74) is -0.110. The maximum absolute atomic E-state index is 13.8. The van der Waals surface area contributed by atoms with Gasteiger partial charge in [0.15, 0.2) is 0 Å². The average Bonchev–Trinajstić information content (AvgIpc) is 2.28. The van der Waals surface area contributed by atoms with Gasteiger partial charge < -0.3 is 5.32 Å². The first kappa shape index (κ1) is 14.8. The third-order valence-electron chi connectivity index (χ3n) is 2.27. The second-order valence-electron chi connectivity index (χ2n) is 3.53. The molecule has 1 aromatic rings. The van der Waals surface area contributed by atoms with Crippen LogP contribution in [0.4, 0.5) is 13.2 Å². The number of alkyl halides is 2. The fourth-order valence-corrected chi connectivity index (χ4v) is 1.89. The zero-order valence-corrected chi connectivity index (χ0v) is 11.5. The summed E-state index contributed by atoms with van der Waals surface area (Å²) in [6, 6.07) is 1.44. The zero-order chi connectivity index (χ0) is 13.0. The van der Waals surface area contributed by atoms with E-state index < -0.39 is 18.3 Å². The van der Waals surface area contributed by atoms with Crippen molar-refractivity contribution in [2.75, 3.05) is 6.54 Å². The highest BCUT2D eigenvalue weighted by atomic mass is 79.9. The Kier molecular flexibility index (Phi) is 5.76. The third-order valence-corrected chi connectivity index (χ3v) is 3.52. The number of nitrogens with one attached hydrogen (secondary N) is 1. The Labute approximate surface area is 111 Å². The van der Waals surface area contributed by atoms with Crippen LogP contribution in [0.3, 0.4) is 0 Å². The Morgan fingerprint density at radius 1 is 1.41 bits per heavy atom. The monoisotopic (exact) mass is 329 g/mol. The van der Waals surface area contributed by atoms with Gasteiger partial charge in [-0.1, -0.05) is 24.6 Å². The zero-order valence-electron chi connectivity index (χ0n) is 9.11. The molecule has 0 amide bonds. The van der Waals surface area contributed by atoms with Gasteiger partial charge in [-0.25, -0.2) is 13.2 Å². The number of halogens is 5. The molecule has 1 nitrogen and oxygen atoms in total. The van der Waals surface area contributed by atoms with Crippen LogP contribution >= 0.6 is 27.5 Å². The summed E-state index contributed by atoms with van der Waals surface area (Å²) in [6.45, 7) is 2.24. The summed E-state index contributed by atoms with van der Waals surface area (Å²) < 4.78 is 39.8. The molecule has 1 atom stereocenters. The van der Waals surface area contributed by atoms with Crippen LogP contribution in [0.25, 0.3) is 0 Å². The lowest BCUT2D eigenvalue weighted by molar-refractivity contribution is 0.0967. The number of rotatable bonds is 5. The van der Waals surface area contributed by atoms with Gasteiger partial charge in [-0.05, 0) is 35.0 Å². The molecule has 0 aromatic heterocycles. The Morgan fingerprint density at radius 2 is 2.06 bits per heavy atom. The van der Waals surface area contributed by atoms with E-state index in [1.165, 1.54) is 12.1 Å². The number of benzene rings is 1. The van der Waals surface area contributed by atoms with Crippen LogP contribution in [0, 0.1) is 5.82 Å². The van der Waals surface area contributed by atoms with Crippen molar-refractivity contribution in [2.45, 2.75) is 25.8 Å². The van der Waals surface area contributed by atoms with Crippen LogP contribution in [-0.4, -0.2) is 13.0 Å². The van der Waals surface area contributed by atoms with E-state index in [1.807, 2.05) is 6.92 Å². The molecule has 0 bridgehead atoms. The molecule has 0 radical (unpaired) electrons. The average molecular weight is 331 g/mol. The van der Waals surface area contributed by atoms with E-state index >= 15 is 0 Å². The van der Waals surface area contributed by atoms with E-state index in [0.717, 1.165) is 0 Å². The van der Waals surface area contributed by atoms with Crippen molar-refractivity contribution in [3.05, 3.63) is 33.0 Å². The van der Waals surface area contributed by atoms with Gasteiger partial charge in [0.05, 0.1) is 11.1 Å². The molecule has 0 aliphatic rings. The summed E-state index contributed by atoms with van der Waals surface area (Å²) in [6.07, 6.45) is -2.00. The maximum atomic E-state index is 13.8. The lowest BCUT2D eigenvalue weighted by atomic mass is 10.1. The van der Waals surface area contributed by atoms with Crippen LogP contribution in [0.2, 0.25) is 5.02 Å². The second-order valence-corrected chi connectivity index (χ2v) is 4.76. The quantitative estimate of drug-likeness (QED) is 0.781. The molecule has 1 aromatic carbocycles. The Balaban J connectivity index is 3.06. The maximum Gasteiger partial charge on any atom is 0.257 e. The Bertz CT molecular complexity index is 387. The number of hydrogen-bond acceptors (Lipinski definition) is 1. The first-order valence-corrected chi connectivity index (χ1v) is 6.31. The smallest absolute Gasteiger partial charge is 0.257 e. The standard InChI is InChI=1S/C11H12BrClF3N/c1-2-5-17-10(11(15)16)6-3-4-7(12)8(13)9(6)14/h3-4,10-11,17H,2,5H2,1H3. The van der Waals surface area contributed by atoms with Crippen LogP contribution < -0.4 is 5.32 Å². The molecular weight excluding hydrogens is 318 g/mol. The molecule has 1 unspecified atom stereocenters. The van der Waals surface area contributed by atoms with Crippen molar-refractivity contribution < 1.29 is 13.2 Å². The minimum absolute atomic E-state index is 0.110. The topological polar surface area (TPSA) is 12.0 Å². The van der Waals surface area contributed by atoms with E-state index in [4.69, 9.17) is 11.6 Å². The third kappa shape index (κ3) is 3.60. The van der Waals surface area contributed by atoms with Crippen molar-refractivity contribution in [2.24, 2.45) is 0 Å². The molecule has 0 aliphatic heterocycles. The van der Waals surface area contributed by atoms with E-state index in [1.54, 1.807) is 0 Å². The second kappa shape index (κ2) is 6.61. The predicted octanol–water partition coefficient (Wildman–Crippen LogP) is 4.55. The Hall–Kier alpha value is -0.260.